The number of hydrogen-bond acceptors (Lipinski definition) is 3. The molecule has 65 heavy (non-hydrogen) atoms. The Morgan fingerprint density at radius 1 is 0.477 bits per heavy atom. The lowest BCUT2D eigenvalue weighted by atomic mass is 9.35. The molecule has 2 aliphatic heterocycles. The molecule has 5 aromatic carbocycles. The number of fused-ring (bicyclic) bond motifs is 9. The lowest BCUT2D eigenvalue weighted by Gasteiger charge is -2.48. The van der Waals surface area contributed by atoms with Crippen molar-refractivity contribution in [3.8, 4) is 0 Å². The van der Waals surface area contributed by atoms with Crippen molar-refractivity contribution in [2.75, 3.05) is 9.80 Å². The number of anilines is 6. The first-order valence-corrected chi connectivity index (χ1v) is 25.8. The minimum atomic E-state index is 0.0274. The predicted molar refractivity (Wildman–Crippen MR) is 285 cm³/mol. The molecule has 0 saturated carbocycles. The predicted octanol–water partition coefficient (Wildman–Crippen LogP) is 15.6. The van der Waals surface area contributed by atoms with Gasteiger partial charge in [0.2, 0.25) is 0 Å². The third kappa shape index (κ3) is 6.30. The van der Waals surface area contributed by atoms with Gasteiger partial charge in [-0.3, -0.25) is 0 Å². The van der Waals surface area contributed by atoms with Gasteiger partial charge in [-0.05, 0) is 193 Å². The standard InChI is InChI=1S/C61H73BN2S/c1-36-29-49-52-50(30-36)64(39-19-21-42-44(33-39)59(11,12)26-24-57(42,7)8)53-40-31-37(55(2,3)4)17-22-51(40)65-54(53)62(52)47-34-45-46(61(15,16)28-27-60(45,13)14)35-48(47)63(49)38-18-20-41-43(32-38)58(9,10)25-23-56(41,5)6/h17-22,29-35H,23-28H2,1-16H3. The van der Waals surface area contributed by atoms with E-state index in [9.17, 15) is 0 Å². The molecule has 4 heteroatoms. The average Bonchev–Trinajstić information content (AvgIpc) is 3.60. The SMILES string of the molecule is Cc1cc2c3c(c1)N(c1ccc4c(c1)C(C)(C)CCC4(C)C)c1c(sc4ccc(C(C)(C)C)cc14)B3c1cc3c(cc1N2c1ccc2c(c1)C(C)(C)CCC2(C)C)C(C)(C)CCC3(C)C. The number of aryl methyl sites for hydroxylation is 1. The summed E-state index contributed by atoms with van der Waals surface area (Å²) in [6, 6.07) is 33.0. The summed E-state index contributed by atoms with van der Waals surface area (Å²) in [4.78, 5) is 5.45. The average molecular weight is 877 g/mol. The van der Waals surface area contributed by atoms with Crippen molar-refractivity contribution in [3.63, 3.8) is 0 Å². The Hall–Kier alpha value is -4.28. The molecule has 5 aliphatic rings. The van der Waals surface area contributed by atoms with Crippen LogP contribution in [-0.2, 0) is 37.9 Å². The smallest absolute Gasteiger partial charge is 0.264 e. The summed E-state index contributed by atoms with van der Waals surface area (Å²) in [5.41, 5.74) is 23.4. The Bertz CT molecular complexity index is 3020. The highest BCUT2D eigenvalue weighted by molar-refractivity contribution is 7.33. The first-order valence-electron chi connectivity index (χ1n) is 25.0. The number of benzene rings is 5. The van der Waals surface area contributed by atoms with E-state index in [1.807, 2.05) is 11.3 Å². The zero-order valence-electron chi connectivity index (χ0n) is 42.6. The Balaban J connectivity index is 1.27. The Morgan fingerprint density at radius 2 is 0.923 bits per heavy atom. The molecular formula is C61H73BN2S. The molecule has 0 spiro atoms. The summed E-state index contributed by atoms with van der Waals surface area (Å²) >= 11 is 2.04. The van der Waals surface area contributed by atoms with E-state index in [0.717, 1.165) is 0 Å². The maximum Gasteiger partial charge on any atom is 0.264 e. The van der Waals surface area contributed by atoms with Gasteiger partial charge in [0.05, 0.1) is 5.69 Å². The van der Waals surface area contributed by atoms with E-state index in [-0.39, 0.29) is 44.6 Å². The molecule has 0 radical (unpaired) electrons. The molecule has 3 aliphatic carbocycles. The summed E-state index contributed by atoms with van der Waals surface area (Å²) in [5, 5.41) is 1.38. The Morgan fingerprint density at radius 3 is 1.43 bits per heavy atom. The second-order valence-electron chi connectivity index (χ2n) is 26.3. The van der Waals surface area contributed by atoms with Crippen molar-refractivity contribution in [1.29, 1.82) is 0 Å². The fourth-order valence-corrected chi connectivity index (χ4v) is 14.4. The first kappa shape index (κ1) is 43.3. The molecule has 0 amide bonds. The van der Waals surface area contributed by atoms with Crippen molar-refractivity contribution in [1.82, 2.24) is 0 Å². The van der Waals surface area contributed by atoms with Gasteiger partial charge < -0.3 is 9.80 Å². The zero-order valence-corrected chi connectivity index (χ0v) is 43.4. The molecule has 0 fully saturated rings. The molecule has 0 atom stereocenters. The van der Waals surface area contributed by atoms with Crippen molar-refractivity contribution >= 4 is 78.0 Å². The first-order chi connectivity index (χ1) is 30.2. The Labute approximate surface area is 396 Å². The van der Waals surface area contributed by atoms with Crippen LogP contribution in [0.1, 0.15) is 187 Å². The molecule has 1 aromatic heterocycles. The van der Waals surface area contributed by atoms with Crippen molar-refractivity contribution in [2.24, 2.45) is 0 Å². The van der Waals surface area contributed by atoms with Crippen LogP contribution in [0.15, 0.2) is 78.9 Å². The van der Waals surface area contributed by atoms with Gasteiger partial charge in [-0.15, -0.1) is 11.3 Å². The van der Waals surface area contributed by atoms with Crippen LogP contribution in [0, 0.1) is 6.92 Å². The van der Waals surface area contributed by atoms with Gasteiger partial charge in [0.1, 0.15) is 0 Å². The molecule has 0 bridgehead atoms. The number of hydrogen-bond donors (Lipinski definition) is 0. The highest BCUT2D eigenvalue weighted by Gasteiger charge is 2.49. The number of rotatable bonds is 2. The van der Waals surface area contributed by atoms with E-state index in [4.69, 9.17) is 0 Å². The van der Waals surface area contributed by atoms with E-state index < -0.39 is 0 Å². The van der Waals surface area contributed by atoms with E-state index in [1.165, 1.54) is 143 Å². The molecule has 0 unspecified atom stereocenters. The fraction of sp³-hybridized carbons (Fsp3) is 0.475. The van der Waals surface area contributed by atoms with Crippen LogP contribution in [-0.4, -0.2) is 6.71 Å². The van der Waals surface area contributed by atoms with Crippen molar-refractivity contribution in [3.05, 3.63) is 123 Å². The largest absolute Gasteiger partial charge is 0.311 e. The van der Waals surface area contributed by atoms with E-state index in [1.54, 1.807) is 0 Å². The van der Waals surface area contributed by atoms with Crippen LogP contribution in [0.2, 0.25) is 0 Å². The summed E-state index contributed by atoms with van der Waals surface area (Å²) in [7, 11) is 0. The van der Waals surface area contributed by atoms with Crippen LogP contribution in [0.25, 0.3) is 10.1 Å². The number of thiophene rings is 1. The zero-order chi connectivity index (χ0) is 46.3. The van der Waals surface area contributed by atoms with Gasteiger partial charge in [0, 0.05) is 43.3 Å². The van der Waals surface area contributed by atoms with Gasteiger partial charge in [-0.1, -0.05) is 128 Å². The van der Waals surface area contributed by atoms with Crippen LogP contribution in [0.4, 0.5) is 34.1 Å². The molecule has 0 N–H and O–H groups in total. The monoisotopic (exact) mass is 877 g/mol. The van der Waals surface area contributed by atoms with E-state index in [2.05, 4.69) is 199 Å². The van der Waals surface area contributed by atoms with E-state index >= 15 is 0 Å². The highest BCUT2D eigenvalue weighted by atomic mass is 32.1. The van der Waals surface area contributed by atoms with Gasteiger partial charge in [0.25, 0.3) is 6.71 Å². The molecule has 2 nitrogen and oxygen atoms in total. The second kappa shape index (κ2) is 13.5. The molecule has 11 rings (SSSR count). The summed E-state index contributed by atoms with van der Waals surface area (Å²) in [6.45, 7) is 39.3. The highest BCUT2D eigenvalue weighted by Crippen LogP contribution is 2.55. The third-order valence-electron chi connectivity index (χ3n) is 17.8. The molecule has 0 saturated heterocycles. The minimum Gasteiger partial charge on any atom is -0.311 e. The van der Waals surface area contributed by atoms with Crippen LogP contribution < -0.4 is 25.5 Å². The van der Waals surface area contributed by atoms with Crippen LogP contribution >= 0.6 is 11.3 Å². The number of nitrogens with zero attached hydrogens (tertiary/aromatic N) is 2. The molecule has 3 heterocycles. The molecular weight excluding hydrogens is 804 g/mol. The van der Waals surface area contributed by atoms with Crippen LogP contribution in [0.5, 0.6) is 0 Å². The van der Waals surface area contributed by atoms with Gasteiger partial charge >= 0.3 is 0 Å². The third-order valence-corrected chi connectivity index (χ3v) is 19.1. The van der Waals surface area contributed by atoms with Gasteiger partial charge in [-0.25, -0.2) is 0 Å². The summed E-state index contributed by atoms with van der Waals surface area (Å²) in [5.74, 6) is 0. The second-order valence-corrected chi connectivity index (χ2v) is 27.4. The van der Waals surface area contributed by atoms with E-state index in [0.29, 0.717) is 0 Å². The maximum atomic E-state index is 2.73. The fourth-order valence-electron chi connectivity index (χ4n) is 13.1. The van der Waals surface area contributed by atoms with Crippen molar-refractivity contribution < 1.29 is 0 Å². The maximum absolute atomic E-state index is 2.73. The lowest BCUT2D eigenvalue weighted by molar-refractivity contribution is 0.332. The lowest BCUT2D eigenvalue weighted by Crippen LogP contribution is -2.61. The summed E-state index contributed by atoms with van der Waals surface area (Å²) in [6.07, 6.45) is 7.20. The topological polar surface area (TPSA) is 6.48 Å². The molecule has 6 aromatic rings. The quantitative estimate of drug-likeness (QED) is 0.160. The molecule has 336 valence electrons. The normalized spacial score (nSPS) is 21.2. The van der Waals surface area contributed by atoms with Gasteiger partial charge in [-0.2, -0.15) is 0 Å². The van der Waals surface area contributed by atoms with Gasteiger partial charge in [0.15, 0.2) is 0 Å². The van der Waals surface area contributed by atoms with Crippen LogP contribution in [0.3, 0.4) is 0 Å². The summed E-state index contributed by atoms with van der Waals surface area (Å²) < 4.78 is 2.85. The minimum absolute atomic E-state index is 0.0274. The van der Waals surface area contributed by atoms with Crippen molar-refractivity contribution in [2.45, 2.75) is 187 Å². The Kier molecular flexibility index (Phi) is 8.96.